The Hall–Kier alpha value is -0.670. The van der Waals surface area contributed by atoms with Crippen LogP contribution in [0.15, 0.2) is 12.2 Å². The van der Waals surface area contributed by atoms with E-state index in [1.54, 1.807) is 0 Å². The van der Waals surface area contributed by atoms with Crippen LogP contribution in [0.25, 0.3) is 0 Å². The minimum atomic E-state index is -0.397. The zero-order valence-corrected chi connectivity index (χ0v) is 13.9. The van der Waals surface area contributed by atoms with E-state index in [2.05, 4.69) is 6.92 Å². The molecule has 3 rings (SSSR count). The molecule has 3 aliphatic carbocycles. The van der Waals surface area contributed by atoms with Gasteiger partial charge in [-0.25, -0.2) is 0 Å². The van der Waals surface area contributed by atoms with Crippen molar-refractivity contribution >= 4 is 5.78 Å². The van der Waals surface area contributed by atoms with Crippen LogP contribution in [0.5, 0.6) is 0 Å². The zero-order chi connectivity index (χ0) is 15.9. The highest BCUT2D eigenvalue weighted by atomic mass is 16.3. The van der Waals surface area contributed by atoms with Gasteiger partial charge < -0.3 is 10.2 Å². The number of hydrogen-bond acceptors (Lipinski definition) is 3. The minimum Gasteiger partial charge on any atom is -0.393 e. The number of rotatable bonds is 3. The lowest BCUT2D eigenvalue weighted by Crippen LogP contribution is -2.62. The van der Waals surface area contributed by atoms with Gasteiger partial charge in [0.15, 0.2) is 0 Å². The molecule has 6 atom stereocenters. The van der Waals surface area contributed by atoms with Gasteiger partial charge in [0.1, 0.15) is 5.78 Å². The smallest absolute Gasteiger partial charge is 0.142 e. The fraction of sp³-hybridized carbons (Fsp3) is 0.842. The number of Topliss-reactive ketones (excluding diaryl/α,β-unsaturated/α-hetero) is 1. The molecule has 0 amide bonds. The standard InChI is InChI=1S/C19H30O3/c1-12-17-14(16(21)10-11-19(17,2)18(12)22)8-9-15(20)13-6-4-3-5-7-13/h8-9,12-17,20-21H,3-7,10-11H2,1-2H3/b9-8+/t12?,14-,15+,16+,17-,19-/m0/s1. The molecule has 2 N–H and O–H groups in total. The highest BCUT2D eigenvalue weighted by Crippen LogP contribution is 2.58. The van der Waals surface area contributed by atoms with Gasteiger partial charge in [0, 0.05) is 17.3 Å². The average molecular weight is 306 g/mol. The van der Waals surface area contributed by atoms with Crippen LogP contribution in [-0.4, -0.2) is 28.2 Å². The first kappa shape index (κ1) is 16.2. The van der Waals surface area contributed by atoms with Gasteiger partial charge >= 0.3 is 0 Å². The van der Waals surface area contributed by atoms with E-state index in [1.807, 2.05) is 19.1 Å². The highest BCUT2D eigenvalue weighted by molar-refractivity contribution is 5.93. The monoisotopic (exact) mass is 306 g/mol. The number of aliphatic hydroxyl groups is 2. The maximum Gasteiger partial charge on any atom is 0.142 e. The molecule has 0 aromatic carbocycles. The Morgan fingerprint density at radius 2 is 1.91 bits per heavy atom. The molecule has 3 aliphatic rings. The van der Waals surface area contributed by atoms with Gasteiger partial charge in [-0.05, 0) is 37.5 Å². The third-order valence-corrected chi connectivity index (χ3v) is 6.73. The Labute approximate surface area is 133 Å². The fourth-order valence-electron chi connectivity index (χ4n) is 5.35. The van der Waals surface area contributed by atoms with Crippen molar-refractivity contribution < 1.29 is 15.0 Å². The summed E-state index contributed by atoms with van der Waals surface area (Å²) in [6.45, 7) is 4.05. The molecule has 0 radical (unpaired) electrons. The Bertz CT molecular complexity index is 452. The summed E-state index contributed by atoms with van der Waals surface area (Å²) in [6.07, 6.45) is 10.6. The lowest BCUT2D eigenvalue weighted by atomic mass is 9.45. The maximum atomic E-state index is 12.2. The predicted octanol–water partition coefficient (Wildman–Crippen LogP) is 3.10. The molecule has 3 saturated carbocycles. The number of hydrogen-bond donors (Lipinski definition) is 2. The summed E-state index contributed by atoms with van der Waals surface area (Å²) in [5, 5.41) is 20.8. The van der Waals surface area contributed by atoms with Gasteiger partial charge in [0.25, 0.3) is 0 Å². The Morgan fingerprint density at radius 1 is 1.23 bits per heavy atom. The van der Waals surface area contributed by atoms with Crippen molar-refractivity contribution in [3.63, 3.8) is 0 Å². The van der Waals surface area contributed by atoms with Gasteiger partial charge in [-0.15, -0.1) is 0 Å². The highest BCUT2D eigenvalue weighted by Gasteiger charge is 2.61. The fourth-order valence-corrected chi connectivity index (χ4v) is 5.35. The lowest BCUT2D eigenvalue weighted by molar-refractivity contribution is -0.170. The van der Waals surface area contributed by atoms with Gasteiger partial charge in [0.05, 0.1) is 12.2 Å². The van der Waals surface area contributed by atoms with Crippen molar-refractivity contribution in [2.24, 2.45) is 29.1 Å². The largest absolute Gasteiger partial charge is 0.393 e. The van der Waals surface area contributed by atoms with Crippen LogP contribution in [0.4, 0.5) is 0 Å². The van der Waals surface area contributed by atoms with Gasteiger partial charge in [-0.1, -0.05) is 45.3 Å². The second-order valence-electron chi connectivity index (χ2n) is 8.05. The van der Waals surface area contributed by atoms with Crippen molar-refractivity contribution in [3.8, 4) is 0 Å². The number of carbonyl (C=O) groups excluding carboxylic acids is 1. The van der Waals surface area contributed by atoms with E-state index >= 15 is 0 Å². The van der Waals surface area contributed by atoms with Crippen LogP contribution in [0.2, 0.25) is 0 Å². The molecule has 0 aromatic rings. The molecule has 0 spiro atoms. The second-order valence-corrected chi connectivity index (χ2v) is 8.05. The SMILES string of the molecule is CC1C(=O)[C@@]2(C)CC[C@@H](O)[C@H](/C=C/[C@@H](O)C3CCCCC3)[C@H]12. The van der Waals surface area contributed by atoms with E-state index in [0.717, 1.165) is 19.3 Å². The average Bonchev–Trinajstić information content (AvgIpc) is 2.55. The molecule has 3 heteroatoms. The summed E-state index contributed by atoms with van der Waals surface area (Å²) in [5.74, 6) is 1.03. The zero-order valence-electron chi connectivity index (χ0n) is 13.9. The van der Waals surface area contributed by atoms with Crippen molar-refractivity contribution in [2.75, 3.05) is 0 Å². The summed E-state index contributed by atoms with van der Waals surface area (Å²) in [6, 6.07) is 0. The van der Waals surface area contributed by atoms with E-state index in [1.165, 1.54) is 19.3 Å². The first-order chi connectivity index (χ1) is 10.4. The van der Waals surface area contributed by atoms with E-state index in [-0.39, 0.29) is 29.3 Å². The molecule has 0 aliphatic heterocycles. The minimum absolute atomic E-state index is 0.0182. The summed E-state index contributed by atoms with van der Waals surface area (Å²) in [4.78, 5) is 12.2. The third kappa shape index (κ3) is 2.56. The lowest BCUT2D eigenvalue weighted by Gasteiger charge is -2.57. The van der Waals surface area contributed by atoms with Crippen LogP contribution in [0, 0.1) is 29.1 Å². The number of carbonyl (C=O) groups is 1. The Morgan fingerprint density at radius 3 is 2.59 bits per heavy atom. The molecule has 3 fully saturated rings. The maximum absolute atomic E-state index is 12.2. The molecule has 0 bridgehead atoms. The number of ketones is 1. The molecular weight excluding hydrogens is 276 g/mol. The van der Waals surface area contributed by atoms with E-state index in [4.69, 9.17) is 0 Å². The van der Waals surface area contributed by atoms with Crippen molar-refractivity contribution in [1.82, 2.24) is 0 Å². The topological polar surface area (TPSA) is 57.5 Å². The van der Waals surface area contributed by atoms with Crippen LogP contribution >= 0.6 is 0 Å². The van der Waals surface area contributed by atoms with E-state index in [9.17, 15) is 15.0 Å². The number of aliphatic hydroxyl groups excluding tert-OH is 2. The molecule has 0 heterocycles. The molecule has 0 aromatic heterocycles. The van der Waals surface area contributed by atoms with Crippen LogP contribution < -0.4 is 0 Å². The molecule has 22 heavy (non-hydrogen) atoms. The predicted molar refractivity (Wildman–Crippen MR) is 86.2 cm³/mol. The quantitative estimate of drug-likeness (QED) is 0.788. The summed E-state index contributed by atoms with van der Waals surface area (Å²) < 4.78 is 0. The van der Waals surface area contributed by atoms with E-state index in [0.29, 0.717) is 18.1 Å². The van der Waals surface area contributed by atoms with Crippen LogP contribution in [0.3, 0.4) is 0 Å². The molecule has 1 unspecified atom stereocenters. The van der Waals surface area contributed by atoms with E-state index < -0.39 is 6.10 Å². The van der Waals surface area contributed by atoms with Gasteiger partial charge in [0.2, 0.25) is 0 Å². The van der Waals surface area contributed by atoms with Gasteiger partial charge in [-0.3, -0.25) is 4.79 Å². The Balaban J connectivity index is 1.69. The summed E-state index contributed by atoms with van der Waals surface area (Å²) >= 11 is 0. The number of fused-ring (bicyclic) bond motifs is 1. The van der Waals surface area contributed by atoms with Gasteiger partial charge in [-0.2, -0.15) is 0 Å². The van der Waals surface area contributed by atoms with Crippen molar-refractivity contribution in [2.45, 2.75) is 71.0 Å². The molecule has 124 valence electrons. The summed E-state index contributed by atoms with van der Waals surface area (Å²) in [7, 11) is 0. The first-order valence-corrected chi connectivity index (χ1v) is 9.04. The van der Waals surface area contributed by atoms with Crippen LogP contribution in [0.1, 0.15) is 58.8 Å². The second kappa shape index (κ2) is 6.09. The molecular formula is C19H30O3. The third-order valence-electron chi connectivity index (χ3n) is 6.73. The molecule has 3 nitrogen and oxygen atoms in total. The molecule has 0 saturated heterocycles. The van der Waals surface area contributed by atoms with Crippen molar-refractivity contribution in [3.05, 3.63) is 12.2 Å². The normalized spacial score (nSPS) is 44.6. The summed E-state index contributed by atoms with van der Waals surface area (Å²) in [5.41, 5.74) is -0.247. The Kier molecular flexibility index (Phi) is 4.48. The first-order valence-electron chi connectivity index (χ1n) is 9.04. The van der Waals surface area contributed by atoms with Crippen molar-refractivity contribution in [1.29, 1.82) is 0 Å². The van der Waals surface area contributed by atoms with Crippen LogP contribution in [-0.2, 0) is 4.79 Å².